The van der Waals surface area contributed by atoms with Crippen LogP contribution in [0, 0.1) is 0 Å². The first-order valence-corrected chi connectivity index (χ1v) is 7.19. The minimum atomic E-state index is 0.783. The van der Waals surface area contributed by atoms with Gasteiger partial charge >= 0.3 is 0 Å². The fourth-order valence-corrected chi connectivity index (χ4v) is 2.75. The molecular formula is C12H25NS. The second-order valence-electron chi connectivity index (χ2n) is 4.56. The van der Waals surface area contributed by atoms with Crippen molar-refractivity contribution in [1.82, 2.24) is 5.32 Å². The van der Waals surface area contributed by atoms with Crippen molar-refractivity contribution in [3.05, 3.63) is 0 Å². The van der Waals surface area contributed by atoms with Crippen LogP contribution in [-0.2, 0) is 0 Å². The molecule has 0 radical (unpaired) electrons. The molecule has 0 bridgehead atoms. The van der Waals surface area contributed by atoms with Crippen molar-refractivity contribution in [2.75, 3.05) is 12.3 Å². The fraction of sp³-hybridized carbons (Fsp3) is 1.00. The van der Waals surface area contributed by atoms with Crippen LogP contribution >= 0.6 is 11.8 Å². The van der Waals surface area contributed by atoms with Crippen LogP contribution in [0.4, 0.5) is 0 Å². The number of hydrogen-bond acceptors (Lipinski definition) is 2. The molecule has 1 saturated carbocycles. The van der Waals surface area contributed by atoms with Gasteiger partial charge in [0.15, 0.2) is 0 Å². The Morgan fingerprint density at radius 2 is 1.79 bits per heavy atom. The standard InChI is InChI=1S/C12H25NS/c1-11(2)14-10-9-13-12-7-5-3-4-6-8-12/h11-13H,3-10H2,1-2H3. The van der Waals surface area contributed by atoms with Crippen LogP contribution in [-0.4, -0.2) is 23.6 Å². The lowest BCUT2D eigenvalue weighted by atomic mass is 10.1. The lowest BCUT2D eigenvalue weighted by Gasteiger charge is -2.16. The third-order valence-electron chi connectivity index (χ3n) is 2.84. The molecule has 0 saturated heterocycles. The maximum atomic E-state index is 3.70. The highest BCUT2D eigenvalue weighted by Crippen LogP contribution is 2.17. The molecule has 1 rings (SSSR count). The van der Waals surface area contributed by atoms with E-state index in [0.29, 0.717) is 0 Å². The highest BCUT2D eigenvalue weighted by Gasteiger charge is 2.10. The molecule has 0 unspecified atom stereocenters. The van der Waals surface area contributed by atoms with E-state index in [-0.39, 0.29) is 0 Å². The number of rotatable bonds is 5. The zero-order valence-corrected chi connectivity index (χ0v) is 10.5. The molecule has 0 atom stereocenters. The normalized spacial score (nSPS) is 19.9. The van der Waals surface area contributed by atoms with Gasteiger partial charge in [-0.2, -0.15) is 11.8 Å². The second kappa shape index (κ2) is 7.58. The molecule has 0 heterocycles. The van der Waals surface area contributed by atoms with E-state index in [0.717, 1.165) is 11.3 Å². The third-order valence-corrected chi connectivity index (χ3v) is 3.95. The van der Waals surface area contributed by atoms with Crippen molar-refractivity contribution in [2.24, 2.45) is 0 Å². The summed E-state index contributed by atoms with van der Waals surface area (Å²) in [6.45, 7) is 5.75. The van der Waals surface area contributed by atoms with Crippen LogP contribution in [0.1, 0.15) is 52.4 Å². The predicted molar refractivity (Wildman–Crippen MR) is 67.1 cm³/mol. The van der Waals surface area contributed by atoms with E-state index >= 15 is 0 Å². The highest BCUT2D eigenvalue weighted by atomic mass is 32.2. The van der Waals surface area contributed by atoms with Crippen LogP contribution in [0.3, 0.4) is 0 Å². The minimum absolute atomic E-state index is 0.783. The summed E-state index contributed by atoms with van der Waals surface area (Å²) in [7, 11) is 0. The molecular weight excluding hydrogens is 190 g/mol. The lowest BCUT2D eigenvalue weighted by molar-refractivity contribution is 0.474. The first kappa shape index (κ1) is 12.4. The van der Waals surface area contributed by atoms with Gasteiger partial charge in [-0.05, 0) is 18.1 Å². The van der Waals surface area contributed by atoms with Crippen LogP contribution in [0.5, 0.6) is 0 Å². The highest BCUT2D eigenvalue weighted by molar-refractivity contribution is 7.99. The van der Waals surface area contributed by atoms with Gasteiger partial charge in [0, 0.05) is 18.3 Å². The average molecular weight is 215 g/mol. The summed E-state index contributed by atoms with van der Waals surface area (Å²) in [6.07, 6.45) is 8.61. The summed E-state index contributed by atoms with van der Waals surface area (Å²) in [5.41, 5.74) is 0. The molecule has 1 aliphatic carbocycles. The Morgan fingerprint density at radius 1 is 1.14 bits per heavy atom. The Kier molecular flexibility index (Phi) is 6.70. The van der Waals surface area contributed by atoms with Crippen LogP contribution in [0.25, 0.3) is 0 Å². The maximum absolute atomic E-state index is 3.70. The van der Waals surface area contributed by atoms with Gasteiger partial charge in [0.2, 0.25) is 0 Å². The van der Waals surface area contributed by atoms with Crippen molar-refractivity contribution in [3.8, 4) is 0 Å². The van der Waals surface area contributed by atoms with E-state index in [4.69, 9.17) is 0 Å². The Labute approximate surface area is 93.4 Å². The molecule has 1 nitrogen and oxygen atoms in total. The monoisotopic (exact) mass is 215 g/mol. The molecule has 2 heteroatoms. The van der Waals surface area contributed by atoms with Gasteiger partial charge in [-0.3, -0.25) is 0 Å². The zero-order valence-electron chi connectivity index (χ0n) is 9.72. The molecule has 14 heavy (non-hydrogen) atoms. The lowest BCUT2D eigenvalue weighted by Crippen LogP contribution is -2.30. The van der Waals surface area contributed by atoms with E-state index in [1.807, 2.05) is 0 Å². The minimum Gasteiger partial charge on any atom is -0.313 e. The number of hydrogen-bond donors (Lipinski definition) is 1. The van der Waals surface area contributed by atoms with Gasteiger partial charge in [0.25, 0.3) is 0 Å². The fourth-order valence-electron chi connectivity index (χ4n) is 2.04. The molecule has 1 N–H and O–H groups in total. The second-order valence-corrected chi connectivity index (χ2v) is 6.25. The number of nitrogens with one attached hydrogen (secondary N) is 1. The summed E-state index contributed by atoms with van der Waals surface area (Å²) < 4.78 is 0. The van der Waals surface area contributed by atoms with E-state index in [2.05, 4.69) is 30.9 Å². The summed E-state index contributed by atoms with van der Waals surface area (Å²) >= 11 is 2.06. The SMILES string of the molecule is CC(C)SCCNC1CCCCCC1. The van der Waals surface area contributed by atoms with Crippen molar-refractivity contribution >= 4 is 11.8 Å². The summed E-state index contributed by atoms with van der Waals surface area (Å²) in [5, 5.41) is 4.48. The molecule has 0 amide bonds. The van der Waals surface area contributed by atoms with E-state index in [9.17, 15) is 0 Å². The van der Waals surface area contributed by atoms with E-state index < -0.39 is 0 Å². The van der Waals surface area contributed by atoms with Gasteiger partial charge in [0.1, 0.15) is 0 Å². The first-order valence-electron chi connectivity index (χ1n) is 6.14. The number of thioether (sulfide) groups is 1. The Bertz CT molecular complexity index is 128. The van der Waals surface area contributed by atoms with Crippen LogP contribution in [0.2, 0.25) is 0 Å². The van der Waals surface area contributed by atoms with Gasteiger partial charge in [-0.15, -0.1) is 0 Å². The maximum Gasteiger partial charge on any atom is 0.00673 e. The first-order chi connectivity index (χ1) is 6.79. The smallest absolute Gasteiger partial charge is 0.00673 e. The third kappa shape index (κ3) is 5.92. The van der Waals surface area contributed by atoms with E-state index in [1.54, 1.807) is 0 Å². The molecule has 1 aliphatic rings. The van der Waals surface area contributed by atoms with Crippen molar-refractivity contribution < 1.29 is 0 Å². The molecule has 0 aromatic heterocycles. The molecule has 0 aromatic rings. The molecule has 0 aromatic carbocycles. The topological polar surface area (TPSA) is 12.0 Å². The molecule has 1 fully saturated rings. The Balaban J connectivity index is 1.99. The van der Waals surface area contributed by atoms with Crippen LogP contribution < -0.4 is 5.32 Å². The molecule has 84 valence electrons. The zero-order chi connectivity index (χ0) is 10.2. The van der Waals surface area contributed by atoms with Crippen molar-refractivity contribution in [1.29, 1.82) is 0 Å². The average Bonchev–Trinajstić information content (AvgIpc) is 2.40. The quantitative estimate of drug-likeness (QED) is 0.557. The Hall–Kier alpha value is 0.310. The van der Waals surface area contributed by atoms with Gasteiger partial charge in [-0.25, -0.2) is 0 Å². The largest absolute Gasteiger partial charge is 0.313 e. The summed E-state index contributed by atoms with van der Waals surface area (Å²) in [6, 6.07) is 0.824. The summed E-state index contributed by atoms with van der Waals surface area (Å²) in [5.74, 6) is 1.27. The van der Waals surface area contributed by atoms with E-state index in [1.165, 1.54) is 50.8 Å². The van der Waals surface area contributed by atoms with Crippen molar-refractivity contribution in [3.63, 3.8) is 0 Å². The van der Waals surface area contributed by atoms with Gasteiger partial charge in [-0.1, -0.05) is 39.5 Å². The Morgan fingerprint density at radius 3 is 2.36 bits per heavy atom. The molecule has 0 aliphatic heterocycles. The van der Waals surface area contributed by atoms with Crippen molar-refractivity contribution in [2.45, 2.75) is 63.7 Å². The van der Waals surface area contributed by atoms with Gasteiger partial charge < -0.3 is 5.32 Å². The van der Waals surface area contributed by atoms with Gasteiger partial charge in [0.05, 0.1) is 0 Å². The predicted octanol–water partition coefficient (Wildman–Crippen LogP) is 3.44. The van der Waals surface area contributed by atoms with Crippen LogP contribution in [0.15, 0.2) is 0 Å². The molecule has 0 spiro atoms. The summed E-state index contributed by atoms with van der Waals surface area (Å²) in [4.78, 5) is 0.